The second-order valence-electron chi connectivity index (χ2n) is 7.02. The first kappa shape index (κ1) is 18.7. The lowest BCUT2D eigenvalue weighted by atomic mass is 9.99. The van der Waals surface area contributed by atoms with Crippen LogP contribution in [-0.4, -0.2) is 33.6 Å². The topological polar surface area (TPSA) is 96.0 Å². The second-order valence-corrected chi connectivity index (χ2v) is 7.02. The number of halogens is 1. The summed E-state index contributed by atoms with van der Waals surface area (Å²) in [5.74, 6) is -0.159. The second kappa shape index (κ2) is 7.25. The molecule has 8 heteroatoms. The number of nitrogens with one attached hydrogen (secondary N) is 3. The zero-order chi connectivity index (χ0) is 17.6. The summed E-state index contributed by atoms with van der Waals surface area (Å²) in [6.07, 6.45) is 4.26. The van der Waals surface area contributed by atoms with Crippen LogP contribution < -0.4 is 21.9 Å². The molecule has 0 spiro atoms. The highest BCUT2D eigenvalue weighted by Gasteiger charge is 2.34. The first-order valence-electron chi connectivity index (χ1n) is 8.89. The van der Waals surface area contributed by atoms with E-state index in [0.717, 1.165) is 17.4 Å². The molecule has 0 radical (unpaired) electrons. The van der Waals surface area contributed by atoms with Crippen molar-refractivity contribution in [3.05, 3.63) is 44.6 Å². The van der Waals surface area contributed by atoms with Crippen LogP contribution in [-0.2, 0) is 6.54 Å². The molecule has 1 amide bonds. The monoisotopic (exact) mass is 378 g/mol. The SMILES string of the molecule is CCn1c(=O)[nH]c2cc(C(=O)NC3CC4CCC(C3)N4)ccc2c1=O.Cl. The van der Waals surface area contributed by atoms with Gasteiger partial charge in [0.2, 0.25) is 0 Å². The van der Waals surface area contributed by atoms with Crippen LogP contribution in [0.25, 0.3) is 10.9 Å². The summed E-state index contributed by atoms with van der Waals surface area (Å²) >= 11 is 0. The molecule has 3 N–H and O–H groups in total. The number of fused-ring (bicyclic) bond motifs is 3. The maximum Gasteiger partial charge on any atom is 0.328 e. The van der Waals surface area contributed by atoms with Gasteiger partial charge in [-0.1, -0.05) is 0 Å². The van der Waals surface area contributed by atoms with Gasteiger partial charge in [0.1, 0.15) is 0 Å². The molecule has 2 aliphatic rings. The van der Waals surface area contributed by atoms with E-state index in [1.54, 1.807) is 25.1 Å². The Morgan fingerprint density at radius 1 is 1.23 bits per heavy atom. The van der Waals surface area contributed by atoms with Crippen molar-refractivity contribution in [2.45, 2.75) is 57.3 Å². The van der Waals surface area contributed by atoms with E-state index < -0.39 is 5.69 Å². The number of benzene rings is 1. The number of H-pyrrole nitrogens is 1. The molecule has 2 aromatic rings. The summed E-state index contributed by atoms with van der Waals surface area (Å²) in [6.45, 7) is 2.06. The largest absolute Gasteiger partial charge is 0.349 e. The van der Waals surface area contributed by atoms with Crippen LogP contribution in [0.5, 0.6) is 0 Å². The minimum absolute atomic E-state index is 0. The Bertz CT molecular complexity index is 940. The van der Waals surface area contributed by atoms with E-state index in [2.05, 4.69) is 15.6 Å². The Morgan fingerprint density at radius 3 is 2.58 bits per heavy atom. The van der Waals surface area contributed by atoms with Gasteiger partial charge in [-0.25, -0.2) is 4.79 Å². The van der Waals surface area contributed by atoms with Crippen molar-refractivity contribution in [1.29, 1.82) is 0 Å². The lowest BCUT2D eigenvalue weighted by Crippen LogP contribution is -2.48. The molecule has 0 saturated carbocycles. The molecule has 4 rings (SSSR count). The number of amides is 1. The minimum Gasteiger partial charge on any atom is -0.349 e. The molecule has 26 heavy (non-hydrogen) atoms. The van der Waals surface area contributed by atoms with E-state index in [1.807, 2.05) is 0 Å². The van der Waals surface area contributed by atoms with Crippen molar-refractivity contribution in [3.63, 3.8) is 0 Å². The Morgan fingerprint density at radius 2 is 1.92 bits per heavy atom. The quantitative estimate of drug-likeness (QED) is 0.746. The third-order valence-electron chi connectivity index (χ3n) is 5.37. The van der Waals surface area contributed by atoms with Crippen LogP contribution in [0, 0.1) is 0 Å². The molecule has 2 fully saturated rings. The molecular weight excluding hydrogens is 356 g/mol. The molecule has 2 saturated heterocycles. The summed E-state index contributed by atoms with van der Waals surface area (Å²) in [5, 5.41) is 7.07. The molecule has 0 aliphatic carbocycles. The van der Waals surface area contributed by atoms with E-state index in [-0.39, 0.29) is 29.9 Å². The number of nitrogens with zero attached hydrogens (tertiary/aromatic N) is 1. The molecule has 7 nitrogen and oxygen atoms in total. The summed E-state index contributed by atoms with van der Waals surface area (Å²) in [4.78, 5) is 39.5. The smallest absolute Gasteiger partial charge is 0.328 e. The fraction of sp³-hybridized carbons (Fsp3) is 0.500. The van der Waals surface area contributed by atoms with Crippen molar-refractivity contribution < 1.29 is 4.79 Å². The van der Waals surface area contributed by atoms with Gasteiger partial charge in [0, 0.05) is 30.2 Å². The van der Waals surface area contributed by atoms with E-state index in [9.17, 15) is 14.4 Å². The van der Waals surface area contributed by atoms with Gasteiger partial charge in [-0.2, -0.15) is 0 Å². The third kappa shape index (κ3) is 3.29. The summed E-state index contributed by atoms with van der Waals surface area (Å²) in [5.41, 5.74) is 0.0797. The molecule has 2 bridgehead atoms. The molecular formula is C18H23ClN4O3. The van der Waals surface area contributed by atoms with Gasteiger partial charge in [-0.15, -0.1) is 12.4 Å². The Kier molecular flexibility index (Phi) is 5.20. The number of hydrogen-bond donors (Lipinski definition) is 3. The summed E-state index contributed by atoms with van der Waals surface area (Å²) < 4.78 is 1.15. The zero-order valence-corrected chi connectivity index (χ0v) is 15.4. The number of aromatic nitrogens is 2. The van der Waals surface area contributed by atoms with Crippen LogP contribution in [0.3, 0.4) is 0 Å². The van der Waals surface area contributed by atoms with E-state index in [4.69, 9.17) is 0 Å². The fourth-order valence-electron chi connectivity index (χ4n) is 4.13. The number of hydrogen-bond acceptors (Lipinski definition) is 4. The standard InChI is InChI=1S/C18H22N4O3.ClH/c1-2-22-17(24)14-6-3-10(7-15(14)21-18(22)25)16(23)20-13-8-11-4-5-12(9-13)19-11;/h3,6-7,11-13,19H,2,4-5,8-9H2,1H3,(H,20,23)(H,21,25);1H. The van der Waals surface area contributed by atoms with Gasteiger partial charge in [0.05, 0.1) is 10.9 Å². The van der Waals surface area contributed by atoms with Crippen molar-refractivity contribution in [2.24, 2.45) is 0 Å². The third-order valence-corrected chi connectivity index (χ3v) is 5.37. The number of piperidine rings is 1. The van der Waals surface area contributed by atoms with Gasteiger partial charge in [0.25, 0.3) is 11.5 Å². The molecule has 2 atom stereocenters. The van der Waals surface area contributed by atoms with E-state index >= 15 is 0 Å². The highest BCUT2D eigenvalue weighted by Crippen LogP contribution is 2.27. The van der Waals surface area contributed by atoms with Crippen LogP contribution in [0.1, 0.15) is 43.0 Å². The van der Waals surface area contributed by atoms with Crippen LogP contribution in [0.15, 0.2) is 27.8 Å². The van der Waals surface area contributed by atoms with Gasteiger partial charge >= 0.3 is 5.69 Å². The maximum absolute atomic E-state index is 12.6. The van der Waals surface area contributed by atoms with Crippen LogP contribution in [0.2, 0.25) is 0 Å². The first-order chi connectivity index (χ1) is 12.0. The van der Waals surface area contributed by atoms with Crippen molar-refractivity contribution in [2.75, 3.05) is 0 Å². The molecule has 3 heterocycles. The number of aromatic amines is 1. The number of carbonyl (C=O) groups excluding carboxylic acids is 1. The Hall–Kier alpha value is -2.12. The average molecular weight is 379 g/mol. The molecule has 1 aromatic heterocycles. The maximum atomic E-state index is 12.6. The Labute approximate surface area is 156 Å². The van der Waals surface area contributed by atoms with Crippen LogP contribution >= 0.6 is 12.4 Å². The van der Waals surface area contributed by atoms with Gasteiger partial charge in [0.15, 0.2) is 0 Å². The average Bonchev–Trinajstić information content (AvgIpc) is 2.93. The molecule has 2 unspecified atom stereocenters. The van der Waals surface area contributed by atoms with Gasteiger partial charge < -0.3 is 15.6 Å². The normalized spacial score (nSPS) is 24.3. The fourth-order valence-corrected chi connectivity index (χ4v) is 4.13. The lowest BCUT2D eigenvalue weighted by molar-refractivity contribution is 0.0924. The molecule has 2 aliphatic heterocycles. The highest BCUT2D eigenvalue weighted by molar-refractivity contribution is 5.97. The molecule has 1 aromatic carbocycles. The predicted octanol–water partition coefficient (Wildman–Crippen LogP) is 1.14. The molecule has 140 valence electrons. The Balaban J connectivity index is 0.00000196. The minimum atomic E-state index is -0.451. The number of rotatable bonds is 3. The zero-order valence-electron chi connectivity index (χ0n) is 14.6. The van der Waals surface area contributed by atoms with Crippen molar-refractivity contribution in [3.8, 4) is 0 Å². The van der Waals surface area contributed by atoms with Gasteiger partial charge in [-0.05, 0) is 50.8 Å². The summed E-state index contributed by atoms with van der Waals surface area (Å²) in [6, 6.07) is 6.03. The van der Waals surface area contributed by atoms with E-state index in [0.29, 0.717) is 35.1 Å². The van der Waals surface area contributed by atoms with Crippen molar-refractivity contribution in [1.82, 2.24) is 20.2 Å². The number of carbonyl (C=O) groups is 1. The lowest BCUT2D eigenvalue weighted by Gasteiger charge is -2.29. The first-order valence-corrected chi connectivity index (χ1v) is 8.89. The van der Waals surface area contributed by atoms with Crippen molar-refractivity contribution >= 4 is 29.2 Å². The highest BCUT2D eigenvalue weighted by atomic mass is 35.5. The van der Waals surface area contributed by atoms with E-state index in [1.165, 1.54) is 12.8 Å². The summed E-state index contributed by atoms with van der Waals surface area (Å²) in [7, 11) is 0. The predicted molar refractivity (Wildman–Crippen MR) is 102 cm³/mol. The van der Waals surface area contributed by atoms with Gasteiger partial charge in [-0.3, -0.25) is 14.2 Å². The van der Waals surface area contributed by atoms with Crippen LogP contribution in [0.4, 0.5) is 0 Å².